The summed E-state index contributed by atoms with van der Waals surface area (Å²) in [6.07, 6.45) is -6.14. The lowest BCUT2D eigenvalue weighted by molar-refractivity contribution is -0.277. The molecule has 1 saturated heterocycles. The Morgan fingerprint density at radius 3 is 2.38 bits per heavy atom. The number of phenolic OH excluding ortho intramolecular Hbond substituents is 1. The van der Waals surface area contributed by atoms with E-state index in [2.05, 4.69) is 0 Å². The van der Waals surface area contributed by atoms with E-state index in [0.717, 1.165) is 6.07 Å². The number of aliphatic hydroxyl groups is 4. The summed E-state index contributed by atoms with van der Waals surface area (Å²) in [5.41, 5.74) is 0.362. The first-order valence-corrected chi connectivity index (χ1v) is 9.74. The van der Waals surface area contributed by atoms with Crippen molar-refractivity contribution in [3.8, 4) is 28.4 Å². The molecular weight excluding hydrogens is 424 g/mol. The Morgan fingerprint density at radius 1 is 1.00 bits per heavy atom. The van der Waals surface area contributed by atoms with E-state index in [-0.39, 0.29) is 22.3 Å². The van der Waals surface area contributed by atoms with E-state index < -0.39 is 48.5 Å². The van der Waals surface area contributed by atoms with E-state index in [1.807, 2.05) is 0 Å². The molecule has 1 aliphatic heterocycles. The summed E-state index contributed by atoms with van der Waals surface area (Å²) in [5, 5.41) is 49.6. The standard InChI is InChI=1S/C22H22O10/c1-29-11-4-2-10(3-5-11)13-9-30-15-7-12(6-14(24)17(15)18(13)25)31-22-21(28)20(27)19(26)16(8-23)32-22/h2-7,9,16,19-24,26-28H,8H2,1H3/t16?,19-,20?,21?,22-/m1/s1. The molecule has 10 heteroatoms. The number of methoxy groups -OCH3 is 1. The van der Waals surface area contributed by atoms with Crippen molar-refractivity contribution in [1.82, 2.24) is 0 Å². The molecule has 0 amide bonds. The van der Waals surface area contributed by atoms with E-state index >= 15 is 0 Å². The minimum Gasteiger partial charge on any atom is -0.507 e. The number of phenols is 1. The van der Waals surface area contributed by atoms with Crippen molar-refractivity contribution < 1.29 is 44.2 Å². The van der Waals surface area contributed by atoms with Crippen LogP contribution in [0.3, 0.4) is 0 Å². The highest BCUT2D eigenvalue weighted by Gasteiger charge is 2.44. The van der Waals surface area contributed by atoms with Gasteiger partial charge in [-0.3, -0.25) is 4.79 Å². The maximum absolute atomic E-state index is 13.0. The lowest BCUT2D eigenvalue weighted by Crippen LogP contribution is -2.60. The molecule has 32 heavy (non-hydrogen) atoms. The van der Waals surface area contributed by atoms with Crippen molar-refractivity contribution in [3.05, 3.63) is 52.9 Å². The van der Waals surface area contributed by atoms with E-state index in [0.29, 0.717) is 11.3 Å². The minimum absolute atomic E-state index is 0.0202. The molecule has 0 aliphatic carbocycles. The fraction of sp³-hybridized carbons (Fsp3) is 0.318. The molecular formula is C22H22O10. The molecule has 1 aliphatic rings. The second-order valence-corrected chi connectivity index (χ2v) is 7.34. The van der Waals surface area contributed by atoms with Crippen LogP contribution in [0, 0.1) is 0 Å². The van der Waals surface area contributed by atoms with Crippen LogP contribution in [0.25, 0.3) is 22.1 Å². The van der Waals surface area contributed by atoms with Crippen LogP contribution in [0.1, 0.15) is 0 Å². The van der Waals surface area contributed by atoms with Gasteiger partial charge in [0, 0.05) is 12.1 Å². The number of benzene rings is 2. The first-order chi connectivity index (χ1) is 15.3. The summed E-state index contributed by atoms with van der Waals surface area (Å²) in [6, 6.07) is 9.20. The summed E-state index contributed by atoms with van der Waals surface area (Å²) in [5.74, 6) is 0.169. The number of hydrogen-bond donors (Lipinski definition) is 5. The molecule has 0 radical (unpaired) electrons. The molecule has 0 bridgehead atoms. The van der Waals surface area contributed by atoms with Gasteiger partial charge in [-0.25, -0.2) is 0 Å². The van der Waals surface area contributed by atoms with E-state index in [1.54, 1.807) is 24.3 Å². The molecule has 3 aromatic rings. The molecule has 0 spiro atoms. The molecule has 2 aromatic carbocycles. The quantitative estimate of drug-likeness (QED) is 0.370. The average molecular weight is 446 g/mol. The van der Waals surface area contributed by atoms with Crippen LogP contribution in [-0.2, 0) is 4.74 Å². The van der Waals surface area contributed by atoms with Crippen LogP contribution in [0.4, 0.5) is 0 Å². The van der Waals surface area contributed by atoms with Crippen LogP contribution in [-0.4, -0.2) is 70.0 Å². The molecule has 5 N–H and O–H groups in total. The highest BCUT2D eigenvalue weighted by molar-refractivity contribution is 5.88. The van der Waals surface area contributed by atoms with Crippen LogP contribution in [0.2, 0.25) is 0 Å². The third-order valence-electron chi connectivity index (χ3n) is 5.33. The maximum Gasteiger partial charge on any atom is 0.229 e. The summed E-state index contributed by atoms with van der Waals surface area (Å²) in [7, 11) is 1.53. The second kappa shape index (κ2) is 8.77. The molecule has 170 valence electrons. The number of rotatable bonds is 5. The molecule has 5 atom stereocenters. The van der Waals surface area contributed by atoms with Gasteiger partial charge in [-0.15, -0.1) is 0 Å². The molecule has 3 unspecified atom stereocenters. The normalized spacial score (nSPS) is 25.6. The van der Waals surface area contributed by atoms with Gasteiger partial charge in [0.1, 0.15) is 58.9 Å². The molecule has 10 nitrogen and oxygen atoms in total. The van der Waals surface area contributed by atoms with Crippen LogP contribution < -0.4 is 14.9 Å². The largest absolute Gasteiger partial charge is 0.507 e. The van der Waals surface area contributed by atoms with E-state index in [4.69, 9.17) is 18.6 Å². The summed E-state index contributed by atoms with van der Waals surface area (Å²) in [4.78, 5) is 13.0. The predicted octanol–water partition coefficient (Wildman–Crippen LogP) is 0.353. The molecule has 4 rings (SSSR count). The van der Waals surface area contributed by atoms with Crippen molar-refractivity contribution >= 4 is 11.0 Å². The first kappa shape index (κ1) is 22.1. The Labute approximate surface area is 181 Å². The smallest absolute Gasteiger partial charge is 0.229 e. The lowest BCUT2D eigenvalue weighted by Gasteiger charge is -2.39. The zero-order valence-electron chi connectivity index (χ0n) is 16.9. The van der Waals surface area contributed by atoms with E-state index in [1.165, 1.54) is 19.4 Å². The molecule has 1 aromatic heterocycles. The molecule has 0 saturated carbocycles. The Kier molecular flexibility index (Phi) is 6.04. The maximum atomic E-state index is 13.0. The second-order valence-electron chi connectivity index (χ2n) is 7.34. The number of aromatic hydroxyl groups is 1. The van der Waals surface area contributed by atoms with Gasteiger partial charge in [-0.1, -0.05) is 12.1 Å². The third kappa shape index (κ3) is 3.90. The van der Waals surface area contributed by atoms with Crippen molar-refractivity contribution in [3.63, 3.8) is 0 Å². The zero-order chi connectivity index (χ0) is 23.0. The van der Waals surface area contributed by atoms with Gasteiger partial charge in [0.15, 0.2) is 0 Å². The Morgan fingerprint density at radius 2 is 1.72 bits per heavy atom. The van der Waals surface area contributed by atoms with Gasteiger partial charge in [0.2, 0.25) is 11.7 Å². The van der Waals surface area contributed by atoms with Gasteiger partial charge in [-0.2, -0.15) is 0 Å². The Hall–Kier alpha value is -3.15. The lowest BCUT2D eigenvalue weighted by atomic mass is 9.99. The van der Waals surface area contributed by atoms with Gasteiger partial charge < -0.3 is 44.2 Å². The average Bonchev–Trinajstić information content (AvgIpc) is 2.79. The molecule has 2 heterocycles. The summed E-state index contributed by atoms with van der Waals surface area (Å²) >= 11 is 0. The topological polar surface area (TPSA) is 159 Å². The number of ether oxygens (including phenoxy) is 3. The first-order valence-electron chi connectivity index (χ1n) is 9.74. The van der Waals surface area contributed by atoms with Gasteiger partial charge in [-0.05, 0) is 17.7 Å². The summed E-state index contributed by atoms with van der Waals surface area (Å²) in [6.45, 7) is -0.614. The minimum atomic E-state index is -1.63. The highest BCUT2D eigenvalue weighted by atomic mass is 16.7. The van der Waals surface area contributed by atoms with E-state index in [9.17, 15) is 30.3 Å². The Balaban J connectivity index is 1.66. The van der Waals surface area contributed by atoms with Crippen LogP contribution >= 0.6 is 0 Å². The molecule has 1 fully saturated rings. The van der Waals surface area contributed by atoms with Crippen LogP contribution in [0.15, 0.2) is 51.9 Å². The third-order valence-corrected chi connectivity index (χ3v) is 5.33. The predicted molar refractivity (Wildman–Crippen MR) is 111 cm³/mol. The number of aliphatic hydroxyl groups excluding tert-OH is 4. The van der Waals surface area contributed by atoms with Crippen molar-refractivity contribution in [1.29, 1.82) is 0 Å². The fourth-order valence-electron chi connectivity index (χ4n) is 3.54. The SMILES string of the molecule is COc1ccc(-c2coc3cc(O[C@@H]4OC(CO)[C@@H](O)C(O)C4O)cc(O)c3c2=O)cc1. The zero-order valence-corrected chi connectivity index (χ0v) is 16.9. The van der Waals surface area contributed by atoms with Crippen molar-refractivity contribution in [2.45, 2.75) is 30.7 Å². The van der Waals surface area contributed by atoms with Crippen LogP contribution in [0.5, 0.6) is 17.2 Å². The number of fused-ring (bicyclic) bond motifs is 1. The van der Waals surface area contributed by atoms with Crippen molar-refractivity contribution in [2.24, 2.45) is 0 Å². The highest BCUT2D eigenvalue weighted by Crippen LogP contribution is 2.32. The Bertz CT molecular complexity index is 1150. The van der Waals surface area contributed by atoms with Gasteiger partial charge in [0.05, 0.1) is 19.3 Å². The van der Waals surface area contributed by atoms with Gasteiger partial charge >= 0.3 is 0 Å². The van der Waals surface area contributed by atoms with Crippen molar-refractivity contribution in [2.75, 3.05) is 13.7 Å². The monoisotopic (exact) mass is 446 g/mol. The number of hydrogen-bond acceptors (Lipinski definition) is 10. The van der Waals surface area contributed by atoms with Gasteiger partial charge in [0.25, 0.3) is 0 Å². The fourth-order valence-corrected chi connectivity index (χ4v) is 3.54. The summed E-state index contributed by atoms with van der Waals surface area (Å²) < 4.78 is 21.4.